The van der Waals surface area contributed by atoms with Crippen LogP contribution >= 0.6 is 11.6 Å². The lowest BCUT2D eigenvalue weighted by molar-refractivity contribution is 0.100. The standard InChI is InChI=1S/C14H19ClN2O2/c15-12-8-10(4-5-11(12)13(16)18)19-9-14(17)6-2-1-3-7-14/h4-5,8H,1-3,6-7,9,17H2,(H2,16,18). The quantitative estimate of drug-likeness (QED) is 0.890. The van der Waals surface area contributed by atoms with E-state index < -0.39 is 5.91 Å². The van der Waals surface area contributed by atoms with Crippen LogP contribution in [0.2, 0.25) is 5.02 Å². The molecule has 1 saturated carbocycles. The minimum Gasteiger partial charge on any atom is -0.492 e. The summed E-state index contributed by atoms with van der Waals surface area (Å²) in [6.45, 7) is 0.471. The van der Waals surface area contributed by atoms with Crippen LogP contribution in [0.1, 0.15) is 42.5 Å². The third kappa shape index (κ3) is 3.61. The second-order valence-corrected chi connectivity index (χ2v) is 5.62. The molecule has 1 aliphatic carbocycles. The Morgan fingerprint density at radius 2 is 2.00 bits per heavy atom. The molecule has 1 fully saturated rings. The molecular weight excluding hydrogens is 264 g/mol. The van der Waals surface area contributed by atoms with Crippen LogP contribution in [0.15, 0.2) is 18.2 Å². The number of primary amides is 1. The predicted molar refractivity (Wildman–Crippen MR) is 75.5 cm³/mol. The molecule has 2 rings (SSSR count). The molecule has 0 spiro atoms. The first-order valence-electron chi connectivity index (χ1n) is 6.51. The lowest BCUT2D eigenvalue weighted by atomic mass is 9.83. The first-order valence-corrected chi connectivity index (χ1v) is 6.89. The summed E-state index contributed by atoms with van der Waals surface area (Å²) in [6.07, 6.45) is 5.53. The highest BCUT2D eigenvalue weighted by Gasteiger charge is 2.28. The molecule has 0 aliphatic heterocycles. The number of nitrogens with two attached hydrogens (primary N) is 2. The van der Waals surface area contributed by atoms with Gasteiger partial charge in [-0.2, -0.15) is 0 Å². The minimum absolute atomic E-state index is 0.243. The van der Waals surface area contributed by atoms with Crippen molar-refractivity contribution < 1.29 is 9.53 Å². The number of benzene rings is 1. The van der Waals surface area contributed by atoms with Crippen molar-refractivity contribution in [2.75, 3.05) is 6.61 Å². The van der Waals surface area contributed by atoms with Crippen molar-refractivity contribution in [3.8, 4) is 5.75 Å². The summed E-state index contributed by atoms with van der Waals surface area (Å²) in [7, 11) is 0. The second kappa shape index (κ2) is 5.80. The van der Waals surface area contributed by atoms with E-state index in [-0.39, 0.29) is 5.54 Å². The van der Waals surface area contributed by atoms with E-state index in [2.05, 4.69) is 0 Å². The summed E-state index contributed by atoms with van der Waals surface area (Å²) in [5.74, 6) is 0.0736. The van der Waals surface area contributed by atoms with Crippen molar-refractivity contribution in [1.82, 2.24) is 0 Å². The smallest absolute Gasteiger partial charge is 0.250 e. The number of ether oxygens (including phenoxy) is 1. The Balaban J connectivity index is 2.00. The number of carbonyl (C=O) groups excluding carboxylic acids is 1. The van der Waals surface area contributed by atoms with Gasteiger partial charge in [0.1, 0.15) is 12.4 Å². The van der Waals surface area contributed by atoms with Crippen LogP contribution in [0.25, 0.3) is 0 Å². The van der Waals surface area contributed by atoms with Gasteiger partial charge in [0.15, 0.2) is 0 Å². The van der Waals surface area contributed by atoms with E-state index in [9.17, 15) is 4.79 Å². The zero-order chi connectivity index (χ0) is 13.9. The highest BCUT2D eigenvalue weighted by atomic mass is 35.5. The molecular formula is C14H19ClN2O2. The topological polar surface area (TPSA) is 78.3 Å². The normalized spacial score (nSPS) is 18.0. The van der Waals surface area contributed by atoms with E-state index in [0.717, 1.165) is 25.7 Å². The van der Waals surface area contributed by atoms with Gasteiger partial charge in [0.2, 0.25) is 5.91 Å². The minimum atomic E-state index is -0.542. The average molecular weight is 283 g/mol. The average Bonchev–Trinajstić information content (AvgIpc) is 2.37. The fourth-order valence-electron chi connectivity index (χ4n) is 2.41. The van der Waals surface area contributed by atoms with Gasteiger partial charge in [0.05, 0.1) is 16.1 Å². The van der Waals surface area contributed by atoms with Gasteiger partial charge >= 0.3 is 0 Å². The Bertz CT molecular complexity index is 471. The van der Waals surface area contributed by atoms with Crippen LogP contribution in [-0.4, -0.2) is 18.1 Å². The summed E-state index contributed by atoms with van der Waals surface area (Å²) in [6, 6.07) is 4.87. The van der Waals surface area contributed by atoms with Gasteiger partial charge in [-0.1, -0.05) is 30.9 Å². The third-order valence-corrected chi connectivity index (χ3v) is 3.89. The largest absolute Gasteiger partial charge is 0.492 e. The molecule has 1 aromatic carbocycles. The number of rotatable bonds is 4. The van der Waals surface area contributed by atoms with Gasteiger partial charge < -0.3 is 16.2 Å². The molecule has 0 saturated heterocycles. The molecule has 5 heteroatoms. The number of hydrogen-bond acceptors (Lipinski definition) is 3. The first kappa shape index (κ1) is 14.2. The van der Waals surface area contributed by atoms with Crippen LogP contribution in [0.5, 0.6) is 5.75 Å². The maximum absolute atomic E-state index is 11.1. The molecule has 0 aromatic heterocycles. The molecule has 0 radical (unpaired) electrons. The van der Waals surface area contributed by atoms with Gasteiger partial charge in [-0.05, 0) is 31.0 Å². The Morgan fingerprint density at radius 1 is 1.32 bits per heavy atom. The van der Waals surface area contributed by atoms with Crippen LogP contribution in [-0.2, 0) is 0 Å². The van der Waals surface area contributed by atoms with Crippen molar-refractivity contribution in [2.45, 2.75) is 37.6 Å². The zero-order valence-electron chi connectivity index (χ0n) is 10.8. The summed E-state index contributed by atoms with van der Waals surface area (Å²) in [5.41, 5.74) is 11.5. The van der Waals surface area contributed by atoms with Crippen LogP contribution < -0.4 is 16.2 Å². The molecule has 104 valence electrons. The Hall–Kier alpha value is -1.26. The zero-order valence-corrected chi connectivity index (χ0v) is 11.6. The molecule has 19 heavy (non-hydrogen) atoms. The first-order chi connectivity index (χ1) is 9.00. The molecule has 0 atom stereocenters. The van der Waals surface area contributed by atoms with Crippen LogP contribution in [0.3, 0.4) is 0 Å². The van der Waals surface area contributed by atoms with E-state index in [1.54, 1.807) is 18.2 Å². The fraction of sp³-hybridized carbons (Fsp3) is 0.500. The summed E-state index contributed by atoms with van der Waals surface area (Å²) >= 11 is 5.97. The van der Waals surface area contributed by atoms with Crippen molar-refractivity contribution in [3.05, 3.63) is 28.8 Å². The van der Waals surface area contributed by atoms with Crippen LogP contribution in [0.4, 0.5) is 0 Å². The lowest BCUT2D eigenvalue weighted by Gasteiger charge is -2.33. The molecule has 0 heterocycles. The Kier molecular flexibility index (Phi) is 4.32. The summed E-state index contributed by atoms with van der Waals surface area (Å²) in [5, 5.41) is 0.305. The van der Waals surface area contributed by atoms with Gasteiger partial charge in [-0.15, -0.1) is 0 Å². The van der Waals surface area contributed by atoms with Crippen molar-refractivity contribution >= 4 is 17.5 Å². The summed E-state index contributed by atoms with van der Waals surface area (Å²) < 4.78 is 5.70. The highest BCUT2D eigenvalue weighted by Crippen LogP contribution is 2.28. The van der Waals surface area contributed by atoms with E-state index in [4.69, 9.17) is 27.8 Å². The van der Waals surface area contributed by atoms with E-state index >= 15 is 0 Å². The lowest BCUT2D eigenvalue weighted by Crippen LogP contribution is -2.47. The van der Waals surface area contributed by atoms with E-state index in [1.165, 1.54) is 6.42 Å². The molecule has 0 bridgehead atoms. The molecule has 1 amide bonds. The van der Waals surface area contributed by atoms with Crippen molar-refractivity contribution in [3.63, 3.8) is 0 Å². The highest BCUT2D eigenvalue weighted by molar-refractivity contribution is 6.33. The Labute approximate surface area is 118 Å². The fourth-order valence-corrected chi connectivity index (χ4v) is 2.68. The van der Waals surface area contributed by atoms with Gasteiger partial charge in [0, 0.05) is 0 Å². The SMILES string of the molecule is NC(=O)c1ccc(OCC2(N)CCCCC2)cc1Cl. The van der Waals surface area contributed by atoms with Gasteiger partial charge in [0.25, 0.3) is 0 Å². The monoisotopic (exact) mass is 282 g/mol. The number of hydrogen-bond donors (Lipinski definition) is 2. The van der Waals surface area contributed by atoms with Crippen molar-refractivity contribution in [2.24, 2.45) is 11.5 Å². The van der Waals surface area contributed by atoms with Crippen molar-refractivity contribution in [1.29, 1.82) is 0 Å². The maximum atomic E-state index is 11.1. The molecule has 0 unspecified atom stereocenters. The molecule has 4 N–H and O–H groups in total. The predicted octanol–water partition coefficient (Wildman–Crippen LogP) is 2.48. The second-order valence-electron chi connectivity index (χ2n) is 5.22. The Morgan fingerprint density at radius 3 is 2.58 bits per heavy atom. The number of halogens is 1. The van der Waals surface area contributed by atoms with E-state index in [1.807, 2.05) is 0 Å². The molecule has 1 aromatic rings. The number of carbonyl (C=O) groups is 1. The maximum Gasteiger partial charge on any atom is 0.250 e. The number of amides is 1. The molecule has 4 nitrogen and oxygen atoms in total. The van der Waals surface area contributed by atoms with E-state index in [0.29, 0.717) is 22.9 Å². The summed E-state index contributed by atoms with van der Waals surface area (Å²) in [4.78, 5) is 11.1. The van der Waals surface area contributed by atoms with Gasteiger partial charge in [-0.3, -0.25) is 4.79 Å². The van der Waals surface area contributed by atoms with Crippen LogP contribution in [0, 0.1) is 0 Å². The molecule has 1 aliphatic rings. The van der Waals surface area contributed by atoms with Gasteiger partial charge in [-0.25, -0.2) is 0 Å². The third-order valence-electron chi connectivity index (χ3n) is 3.58.